The molecule has 0 spiro atoms. The van der Waals surface area contributed by atoms with E-state index in [0.29, 0.717) is 0 Å². The lowest BCUT2D eigenvalue weighted by Gasteiger charge is -2.42. The van der Waals surface area contributed by atoms with Crippen LogP contribution in [0.3, 0.4) is 0 Å². The number of hydrogen-bond acceptors (Lipinski definition) is 3. The Kier molecular flexibility index (Phi) is 5.59. The van der Waals surface area contributed by atoms with Crippen molar-refractivity contribution in [2.75, 3.05) is 6.54 Å². The van der Waals surface area contributed by atoms with Gasteiger partial charge < -0.3 is 15.3 Å². The van der Waals surface area contributed by atoms with E-state index in [9.17, 15) is 9.59 Å². The molecule has 0 aromatic heterocycles. The molecule has 1 aliphatic carbocycles. The first-order valence-corrected chi connectivity index (χ1v) is 6.67. The Morgan fingerprint density at radius 3 is 2.44 bits per heavy atom. The van der Waals surface area contributed by atoms with Gasteiger partial charge in [0.1, 0.15) is 0 Å². The van der Waals surface area contributed by atoms with Crippen molar-refractivity contribution in [2.24, 2.45) is 0 Å². The molecule has 0 aliphatic heterocycles. The second kappa shape index (κ2) is 6.73. The molecule has 0 heterocycles. The molecule has 0 saturated heterocycles. The van der Waals surface area contributed by atoms with Crippen LogP contribution in [0.15, 0.2) is 0 Å². The monoisotopic (exact) mass is 256 g/mol. The maximum absolute atomic E-state index is 11.8. The fourth-order valence-corrected chi connectivity index (χ4v) is 2.88. The third-order valence-corrected chi connectivity index (χ3v) is 3.52. The quantitative estimate of drug-likeness (QED) is 0.776. The molecule has 1 fully saturated rings. The van der Waals surface area contributed by atoms with Gasteiger partial charge in [0.05, 0.1) is 6.54 Å². The van der Waals surface area contributed by atoms with E-state index >= 15 is 0 Å². The molecule has 0 unspecified atom stereocenters. The molecule has 0 radical (unpaired) electrons. The first-order valence-electron chi connectivity index (χ1n) is 6.67. The SMILES string of the molecule is CC(=O)N(C(C)C)[C@H]1CCCC[C@@H]1NCC(=O)O. The van der Waals surface area contributed by atoms with Crippen molar-refractivity contribution < 1.29 is 14.7 Å². The molecule has 5 heteroatoms. The number of amides is 1. The summed E-state index contributed by atoms with van der Waals surface area (Å²) >= 11 is 0. The second-order valence-corrected chi connectivity index (χ2v) is 5.25. The number of carboxylic acid groups (broad SMARTS) is 1. The number of carboxylic acids is 1. The van der Waals surface area contributed by atoms with Gasteiger partial charge in [0, 0.05) is 25.0 Å². The van der Waals surface area contributed by atoms with Crippen LogP contribution in [0.1, 0.15) is 46.5 Å². The minimum absolute atomic E-state index is 0.0367. The first kappa shape index (κ1) is 15.0. The van der Waals surface area contributed by atoms with Gasteiger partial charge >= 0.3 is 5.97 Å². The molecular weight excluding hydrogens is 232 g/mol. The highest BCUT2D eigenvalue weighted by molar-refractivity contribution is 5.74. The molecule has 2 atom stereocenters. The van der Waals surface area contributed by atoms with Crippen molar-refractivity contribution in [1.29, 1.82) is 0 Å². The molecule has 104 valence electrons. The van der Waals surface area contributed by atoms with Crippen molar-refractivity contribution in [2.45, 2.75) is 64.6 Å². The maximum atomic E-state index is 11.8. The summed E-state index contributed by atoms with van der Waals surface area (Å²) in [5, 5.41) is 11.8. The van der Waals surface area contributed by atoms with Gasteiger partial charge in [0.15, 0.2) is 0 Å². The van der Waals surface area contributed by atoms with E-state index in [1.54, 1.807) is 6.92 Å². The molecule has 1 amide bonds. The molecule has 1 rings (SSSR count). The highest BCUT2D eigenvalue weighted by atomic mass is 16.4. The molecular formula is C13H24N2O3. The minimum atomic E-state index is -0.849. The van der Waals surface area contributed by atoms with Gasteiger partial charge in [-0.2, -0.15) is 0 Å². The zero-order valence-corrected chi connectivity index (χ0v) is 11.5. The lowest BCUT2D eigenvalue weighted by atomic mass is 9.88. The van der Waals surface area contributed by atoms with E-state index in [2.05, 4.69) is 5.32 Å². The summed E-state index contributed by atoms with van der Waals surface area (Å²) in [5.41, 5.74) is 0. The Hall–Kier alpha value is -1.10. The summed E-state index contributed by atoms with van der Waals surface area (Å²) in [6.07, 6.45) is 4.09. The van der Waals surface area contributed by atoms with Crippen LogP contribution in [-0.4, -0.2) is 46.6 Å². The minimum Gasteiger partial charge on any atom is -0.480 e. The number of nitrogens with zero attached hydrogens (tertiary/aromatic N) is 1. The van der Waals surface area contributed by atoms with Gasteiger partial charge in [0.2, 0.25) is 5.91 Å². The van der Waals surface area contributed by atoms with E-state index in [-0.39, 0.29) is 30.6 Å². The van der Waals surface area contributed by atoms with E-state index in [0.717, 1.165) is 25.7 Å². The molecule has 0 bridgehead atoms. The summed E-state index contributed by atoms with van der Waals surface area (Å²) in [5.74, 6) is -0.780. The number of nitrogens with one attached hydrogen (secondary N) is 1. The van der Waals surface area contributed by atoms with Gasteiger partial charge in [0.25, 0.3) is 0 Å². The summed E-state index contributed by atoms with van der Waals surface area (Å²) in [6.45, 7) is 5.56. The van der Waals surface area contributed by atoms with Crippen LogP contribution in [0.4, 0.5) is 0 Å². The van der Waals surface area contributed by atoms with Gasteiger partial charge in [-0.15, -0.1) is 0 Å². The maximum Gasteiger partial charge on any atom is 0.317 e. The highest BCUT2D eigenvalue weighted by Crippen LogP contribution is 2.25. The molecule has 5 nitrogen and oxygen atoms in total. The van der Waals surface area contributed by atoms with Crippen molar-refractivity contribution in [1.82, 2.24) is 10.2 Å². The van der Waals surface area contributed by atoms with Gasteiger partial charge in [-0.3, -0.25) is 9.59 Å². The van der Waals surface area contributed by atoms with E-state index in [1.807, 2.05) is 18.7 Å². The molecule has 18 heavy (non-hydrogen) atoms. The fraction of sp³-hybridized carbons (Fsp3) is 0.846. The summed E-state index contributed by atoms with van der Waals surface area (Å²) in [7, 11) is 0. The molecule has 2 N–H and O–H groups in total. The second-order valence-electron chi connectivity index (χ2n) is 5.25. The Balaban J connectivity index is 2.73. The number of rotatable bonds is 5. The Morgan fingerprint density at radius 2 is 1.94 bits per heavy atom. The van der Waals surface area contributed by atoms with Crippen molar-refractivity contribution in [3.05, 3.63) is 0 Å². The average Bonchev–Trinajstić information content (AvgIpc) is 2.26. The Labute approximate surface area is 109 Å². The van der Waals surface area contributed by atoms with Crippen LogP contribution in [0.25, 0.3) is 0 Å². The molecule has 0 aromatic rings. The molecule has 0 aromatic carbocycles. The fourth-order valence-electron chi connectivity index (χ4n) is 2.88. The number of carbonyl (C=O) groups excluding carboxylic acids is 1. The zero-order valence-electron chi connectivity index (χ0n) is 11.5. The van der Waals surface area contributed by atoms with Gasteiger partial charge in [-0.05, 0) is 26.7 Å². The summed E-state index contributed by atoms with van der Waals surface area (Å²) in [6, 6.07) is 0.372. The highest BCUT2D eigenvalue weighted by Gasteiger charge is 2.32. The van der Waals surface area contributed by atoms with E-state index in [1.165, 1.54) is 0 Å². The van der Waals surface area contributed by atoms with Crippen LogP contribution in [0.5, 0.6) is 0 Å². The lowest BCUT2D eigenvalue weighted by molar-refractivity contribution is -0.136. The van der Waals surface area contributed by atoms with Crippen LogP contribution in [0.2, 0.25) is 0 Å². The Bertz CT molecular complexity index is 305. The van der Waals surface area contributed by atoms with Crippen LogP contribution < -0.4 is 5.32 Å². The molecule has 1 aliphatic rings. The van der Waals surface area contributed by atoms with Crippen LogP contribution in [0, 0.1) is 0 Å². The zero-order chi connectivity index (χ0) is 13.7. The predicted octanol–water partition coefficient (Wildman–Crippen LogP) is 1.23. The van der Waals surface area contributed by atoms with E-state index in [4.69, 9.17) is 5.11 Å². The largest absolute Gasteiger partial charge is 0.480 e. The first-order chi connectivity index (χ1) is 8.43. The third-order valence-electron chi connectivity index (χ3n) is 3.52. The van der Waals surface area contributed by atoms with Crippen molar-refractivity contribution in [3.8, 4) is 0 Å². The average molecular weight is 256 g/mol. The van der Waals surface area contributed by atoms with Crippen molar-refractivity contribution >= 4 is 11.9 Å². The summed E-state index contributed by atoms with van der Waals surface area (Å²) < 4.78 is 0. The smallest absolute Gasteiger partial charge is 0.317 e. The van der Waals surface area contributed by atoms with Crippen LogP contribution >= 0.6 is 0 Å². The van der Waals surface area contributed by atoms with Crippen molar-refractivity contribution in [3.63, 3.8) is 0 Å². The molecule has 1 saturated carbocycles. The summed E-state index contributed by atoms with van der Waals surface area (Å²) in [4.78, 5) is 24.3. The Morgan fingerprint density at radius 1 is 1.33 bits per heavy atom. The van der Waals surface area contributed by atoms with Gasteiger partial charge in [-0.1, -0.05) is 12.8 Å². The number of carbonyl (C=O) groups is 2. The standard InChI is InChI=1S/C13H24N2O3/c1-9(2)15(10(3)16)12-7-5-4-6-11(12)14-8-13(17)18/h9,11-12,14H,4-8H2,1-3H3,(H,17,18)/t11-,12-/m0/s1. The number of aliphatic carboxylic acids is 1. The predicted molar refractivity (Wildman–Crippen MR) is 69.3 cm³/mol. The third kappa shape index (κ3) is 3.98. The van der Waals surface area contributed by atoms with Gasteiger partial charge in [-0.25, -0.2) is 0 Å². The lowest BCUT2D eigenvalue weighted by Crippen LogP contribution is -2.56. The normalized spacial score (nSPS) is 24.0. The topological polar surface area (TPSA) is 69.6 Å². The van der Waals surface area contributed by atoms with E-state index < -0.39 is 5.97 Å². The van der Waals surface area contributed by atoms with Crippen LogP contribution in [-0.2, 0) is 9.59 Å². The number of hydrogen-bond donors (Lipinski definition) is 2.